The average molecular weight is 627 g/mol. The molecule has 0 spiro atoms. The number of anilines is 1. The fraction of sp³-hybridized carbons (Fsp3) is 0.214. The third kappa shape index (κ3) is 6.37. The van der Waals surface area contributed by atoms with Gasteiger partial charge in [0.25, 0.3) is 11.5 Å². The Bertz CT molecular complexity index is 1710. The van der Waals surface area contributed by atoms with Crippen LogP contribution in [0.3, 0.4) is 0 Å². The number of nitro groups is 1. The number of halogens is 2. The molecule has 0 aliphatic heterocycles. The van der Waals surface area contributed by atoms with Gasteiger partial charge in [-0.05, 0) is 49.2 Å². The van der Waals surface area contributed by atoms with Crippen molar-refractivity contribution >= 4 is 61.9 Å². The predicted octanol–water partition coefficient (Wildman–Crippen LogP) is 6.44. The molecule has 0 saturated carbocycles. The molecule has 0 aliphatic rings. The van der Waals surface area contributed by atoms with Gasteiger partial charge in [0.05, 0.1) is 22.0 Å². The van der Waals surface area contributed by atoms with E-state index in [1.807, 2.05) is 32.9 Å². The Hall–Kier alpha value is -4.09. The number of para-hydroxylation sites is 1. The van der Waals surface area contributed by atoms with Gasteiger partial charge in [0.2, 0.25) is 5.75 Å². The monoisotopic (exact) mass is 625 g/mol. The summed E-state index contributed by atoms with van der Waals surface area (Å²) in [5, 5.41) is 19.3. The summed E-state index contributed by atoms with van der Waals surface area (Å²) >= 11 is 9.56. The molecule has 4 aromatic rings. The van der Waals surface area contributed by atoms with E-state index in [2.05, 4.69) is 31.3 Å². The summed E-state index contributed by atoms with van der Waals surface area (Å²) in [4.78, 5) is 41.9. The van der Waals surface area contributed by atoms with Crippen LogP contribution in [0, 0.1) is 17.0 Å². The lowest BCUT2D eigenvalue weighted by molar-refractivity contribution is -0.385. The molecule has 0 unspecified atom stereocenters. The molecule has 0 fully saturated rings. The van der Waals surface area contributed by atoms with Gasteiger partial charge >= 0.3 is 5.69 Å². The van der Waals surface area contributed by atoms with Crippen LogP contribution in [0.4, 0.5) is 11.4 Å². The summed E-state index contributed by atoms with van der Waals surface area (Å²) in [5.41, 5.74) is 1.22. The van der Waals surface area contributed by atoms with E-state index in [1.54, 1.807) is 30.3 Å². The molecular formula is C28H25BrClN5O5. The number of aromatic nitrogens is 2. The van der Waals surface area contributed by atoms with E-state index in [0.717, 1.165) is 11.6 Å². The zero-order valence-electron chi connectivity index (χ0n) is 21.9. The molecule has 0 aliphatic carbocycles. The summed E-state index contributed by atoms with van der Waals surface area (Å²) < 4.78 is 7.52. The molecule has 1 N–H and O–H groups in total. The Kier molecular flexibility index (Phi) is 8.96. The number of aryl methyl sites for hydroxylation is 1. The van der Waals surface area contributed by atoms with Crippen molar-refractivity contribution in [2.24, 2.45) is 5.10 Å². The number of nitro benzene ring substituents is 1. The highest BCUT2D eigenvalue weighted by atomic mass is 79.9. The highest BCUT2D eigenvalue weighted by Crippen LogP contribution is 2.34. The SMILES string of the molecule is CC[C@H](C)c1nc2ccc(Br)cc2c(=O)n1N=Cc1cc(Cl)cc([N+](=O)[O-])c1OCC(=O)Nc1ccccc1C. The standard InChI is InChI=1S/C28H25BrClN5O5/c1-4-16(2)27-33-23-10-9-19(29)12-21(23)28(37)34(27)31-14-18-11-20(30)13-24(35(38)39)26(18)40-15-25(36)32-22-8-6-5-7-17(22)3/h5-14,16H,4,15H2,1-3H3,(H,32,36)/t16-/m0/s1. The van der Waals surface area contributed by atoms with Crippen molar-refractivity contribution in [3.8, 4) is 5.75 Å². The molecular weight excluding hydrogens is 602 g/mol. The fourth-order valence-electron chi connectivity index (χ4n) is 3.92. The maximum atomic E-state index is 13.5. The molecule has 4 rings (SSSR count). The molecule has 40 heavy (non-hydrogen) atoms. The summed E-state index contributed by atoms with van der Waals surface area (Å²) in [6.07, 6.45) is 1.93. The van der Waals surface area contributed by atoms with Gasteiger partial charge < -0.3 is 10.1 Å². The third-order valence-corrected chi connectivity index (χ3v) is 6.94. The van der Waals surface area contributed by atoms with Crippen molar-refractivity contribution in [3.05, 3.63) is 102 Å². The minimum Gasteiger partial charge on any atom is -0.476 e. The van der Waals surface area contributed by atoms with Crippen LogP contribution in [-0.4, -0.2) is 33.3 Å². The number of carbonyl (C=O) groups excluding carboxylic acids is 1. The molecule has 10 nitrogen and oxygen atoms in total. The summed E-state index contributed by atoms with van der Waals surface area (Å²) in [6, 6.07) is 14.9. The first kappa shape index (κ1) is 28.9. The Morgan fingerprint density at radius 1 is 1.27 bits per heavy atom. The van der Waals surface area contributed by atoms with Gasteiger partial charge in [-0.2, -0.15) is 9.78 Å². The van der Waals surface area contributed by atoms with Crippen molar-refractivity contribution in [3.63, 3.8) is 0 Å². The predicted molar refractivity (Wildman–Crippen MR) is 159 cm³/mol. The van der Waals surface area contributed by atoms with E-state index in [-0.39, 0.29) is 22.3 Å². The first-order chi connectivity index (χ1) is 19.1. The fourth-order valence-corrected chi connectivity index (χ4v) is 4.51. The topological polar surface area (TPSA) is 129 Å². The normalized spacial score (nSPS) is 12.0. The number of ether oxygens (including phenoxy) is 1. The zero-order valence-corrected chi connectivity index (χ0v) is 24.2. The molecule has 1 aromatic heterocycles. The number of benzene rings is 3. The second-order valence-electron chi connectivity index (χ2n) is 9.05. The van der Waals surface area contributed by atoms with E-state index in [4.69, 9.17) is 16.3 Å². The summed E-state index contributed by atoms with van der Waals surface area (Å²) in [5.74, 6) is -0.420. The lowest BCUT2D eigenvalue weighted by Gasteiger charge is -2.14. The number of amides is 1. The lowest BCUT2D eigenvalue weighted by Crippen LogP contribution is -2.24. The molecule has 1 atom stereocenters. The summed E-state index contributed by atoms with van der Waals surface area (Å²) in [6.45, 7) is 5.21. The molecule has 0 radical (unpaired) electrons. The smallest absolute Gasteiger partial charge is 0.313 e. The largest absolute Gasteiger partial charge is 0.476 e. The van der Waals surface area contributed by atoms with Gasteiger partial charge in [0.1, 0.15) is 5.82 Å². The van der Waals surface area contributed by atoms with Crippen LogP contribution < -0.4 is 15.6 Å². The van der Waals surface area contributed by atoms with Crippen molar-refractivity contribution in [1.82, 2.24) is 9.66 Å². The third-order valence-electron chi connectivity index (χ3n) is 6.23. The van der Waals surface area contributed by atoms with Crippen molar-refractivity contribution in [2.75, 3.05) is 11.9 Å². The number of nitrogens with one attached hydrogen (secondary N) is 1. The number of rotatable bonds is 9. The maximum Gasteiger partial charge on any atom is 0.313 e. The minimum absolute atomic E-state index is 0.0555. The molecule has 0 saturated heterocycles. The Labute approximate surface area is 242 Å². The van der Waals surface area contributed by atoms with E-state index < -0.39 is 28.7 Å². The van der Waals surface area contributed by atoms with Gasteiger partial charge in [0, 0.05) is 32.7 Å². The van der Waals surface area contributed by atoms with Gasteiger partial charge in [-0.15, -0.1) is 0 Å². The quantitative estimate of drug-likeness (QED) is 0.129. The number of hydrogen-bond acceptors (Lipinski definition) is 7. The van der Waals surface area contributed by atoms with Crippen molar-refractivity contribution in [2.45, 2.75) is 33.1 Å². The van der Waals surface area contributed by atoms with E-state index in [1.165, 1.54) is 17.0 Å². The highest BCUT2D eigenvalue weighted by molar-refractivity contribution is 9.10. The first-order valence-corrected chi connectivity index (χ1v) is 13.5. The molecule has 3 aromatic carbocycles. The van der Waals surface area contributed by atoms with Crippen molar-refractivity contribution in [1.29, 1.82) is 0 Å². The highest BCUT2D eigenvalue weighted by Gasteiger charge is 2.22. The molecule has 1 heterocycles. The van der Waals surface area contributed by atoms with Gasteiger partial charge in [-0.25, -0.2) is 4.98 Å². The van der Waals surface area contributed by atoms with Crippen LogP contribution in [0.25, 0.3) is 10.9 Å². The zero-order chi connectivity index (χ0) is 29.0. The number of fused-ring (bicyclic) bond motifs is 1. The van der Waals surface area contributed by atoms with Crippen LogP contribution in [0.2, 0.25) is 5.02 Å². The lowest BCUT2D eigenvalue weighted by atomic mass is 10.1. The number of nitrogens with zero attached hydrogens (tertiary/aromatic N) is 4. The Morgan fingerprint density at radius 2 is 2.02 bits per heavy atom. The number of carbonyl (C=O) groups is 1. The second-order valence-corrected chi connectivity index (χ2v) is 10.4. The van der Waals surface area contributed by atoms with E-state index in [0.29, 0.717) is 33.3 Å². The number of hydrogen-bond donors (Lipinski definition) is 1. The van der Waals surface area contributed by atoms with E-state index >= 15 is 0 Å². The van der Waals surface area contributed by atoms with Crippen LogP contribution in [0.1, 0.15) is 43.1 Å². The Balaban J connectivity index is 1.75. The maximum absolute atomic E-state index is 13.5. The molecule has 0 bridgehead atoms. The van der Waals surface area contributed by atoms with E-state index in [9.17, 15) is 19.7 Å². The minimum atomic E-state index is -0.663. The van der Waals surface area contributed by atoms with Gasteiger partial charge in [-0.3, -0.25) is 19.7 Å². The molecule has 206 valence electrons. The average Bonchev–Trinajstić information content (AvgIpc) is 2.92. The van der Waals surface area contributed by atoms with Crippen LogP contribution in [0.15, 0.2) is 69.0 Å². The summed E-state index contributed by atoms with van der Waals surface area (Å²) in [7, 11) is 0. The van der Waals surface area contributed by atoms with Crippen LogP contribution in [-0.2, 0) is 4.79 Å². The Morgan fingerprint density at radius 3 is 2.73 bits per heavy atom. The van der Waals surface area contributed by atoms with Crippen LogP contribution >= 0.6 is 27.5 Å². The second kappa shape index (κ2) is 12.4. The first-order valence-electron chi connectivity index (χ1n) is 12.3. The molecule has 1 amide bonds. The molecule has 12 heteroatoms. The van der Waals surface area contributed by atoms with Crippen molar-refractivity contribution < 1.29 is 14.5 Å². The van der Waals surface area contributed by atoms with Gasteiger partial charge in [-0.1, -0.05) is 59.6 Å². The van der Waals surface area contributed by atoms with Crippen LogP contribution in [0.5, 0.6) is 5.75 Å². The van der Waals surface area contributed by atoms with Gasteiger partial charge in [0.15, 0.2) is 6.61 Å².